The number of hydrogen-bond acceptors (Lipinski definition) is 5. The molecule has 0 saturated carbocycles. The summed E-state index contributed by atoms with van der Waals surface area (Å²) in [4.78, 5) is 56.6. The first kappa shape index (κ1) is 22.1. The molecule has 6 rings (SSSR count). The van der Waals surface area contributed by atoms with E-state index in [-0.39, 0.29) is 11.1 Å². The summed E-state index contributed by atoms with van der Waals surface area (Å²) in [7, 11) is 0. The van der Waals surface area contributed by atoms with Gasteiger partial charge in [0.1, 0.15) is 0 Å². The molecule has 0 radical (unpaired) electrons. The minimum Gasteiger partial charge on any atom is -0.349 e. The monoisotopic (exact) mass is 529 g/mol. The number of ether oxygens (including phenoxy) is 1. The van der Waals surface area contributed by atoms with E-state index < -0.39 is 46.9 Å². The van der Waals surface area contributed by atoms with Crippen LogP contribution in [0.2, 0.25) is 0 Å². The van der Waals surface area contributed by atoms with Crippen LogP contribution in [-0.4, -0.2) is 29.0 Å². The van der Waals surface area contributed by atoms with Gasteiger partial charge < -0.3 is 4.74 Å². The second kappa shape index (κ2) is 7.54. The van der Waals surface area contributed by atoms with Crippen molar-refractivity contribution in [3.05, 3.63) is 99.0 Å². The molecule has 0 N–H and O–H groups in total. The fraction of sp³-hybridized carbons (Fsp3) is 0.214. The molecular weight excluding hydrogens is 510 g/mol. The van der Waals surface area contributed by atoms with Gasteiger partial charge in [-0.15, -0.1) is 0 Å². The Morgan fingerprint density at radius 1 is 0.800 bits per heavy atom. The second-order valence-corrected chi connectivity index (χ2v) is 10.1. The number of ketones is 2. The van der Waals surface area contributed by atoms with Gasteiger partial charge in [0.15, 0.2) is 0 Å². The van der Waals surface area contributed by atoms with Gasteiger partial charge in [0, 0.05) is 15.6 Å². The number of rotatable bonds is 2. The van der Waals surface area contributed by atoms with Crippen LogP contribution in [-0.2, 0) is 14.3 Å². The highest BCUT2D eigenvalue weighted by Gasteiger charge is 2.74. The van der Waals surface area contributed by atoms with Crippen molar-refractivity contribution in [1.82, 2.24) is 0 Å². The molecule has 3 aromatic carbocycles. The van der Waals surface area contributed by atoms with Gasteiger partial charge in [-0.1, -0.05) is 64.5 Å². The summed E-state index contributed by atoms with van der Waals surface area (Å²) >= 11 is 3.51. The quantitative estimate of drug-likeness (QED) is 0.353. The van der Waals surface area contributed by atoms with Gasteiger partial charge in [-0.2, -0.15) is 0 Å². The largest absolute Gasteiger partial charge is 0.349 e. The molecule has 0 bridgehead atoms. The molecule has 2 heterocycles. The topological polar surface area (TPSA) is 80.8 Å². The lowest BCUT2D eigenvalue weighted by Crippen LogP contribution is -2.51. The summed E-state index contributed by atoms with van der Waals surface area (Å²) in [6.45, 7) is 3.85. The molecular formula is C28H20BrNO5. The number of amides is 2. The Kier molecular flexibility index (Phi) is 4.75. The van der Waals surface area contributed by atoms with Crippen molar-refractivity contribution in [2.75, 3.05) is 4.90 Å². The van der Waals surface area contributed by atoms with Gasteiger partial charge in [-0.3, -0.25) is 19.2 Å². The smallest absolute Gasteiger partial charge is 0.241 e. The molecule has 3 atom stereocenters. The predicted octanol–water partition coefficient (Wildman–Crippen LogP) is 4.76. The molecule has 2 saturated heterocycles. The van der Waals surface area contributed by atoms with Crippen LogP contribution in [0.4, 0.5) is 5.69 Å². The van der Waals surface area contributed by atoms with E-state index in [9.17, 15) is 19.2 Å². The first-order chi connectivity index (χ1) is 16.8. The second-order valence-electron chi connectivity index (χ2n) is 9.28. The van der Waals surface area contributed by atoms with E-state index in [1.54, 1.807) is 54.6 Å². The Balaban J connectivity index is 1.56. The lowest BCUT2D eigenvalue weighted by atomic mass is 9.77. The molecule has 1 spiro atoms. The van der Waals surface area contributed by atoms with Gasteiger partial charge in [-0.05, 0) is 48.7 Å². The van der Waals surface area contributed by atoms with Crippen LogP contribution >= 0.6 is 15.9 Å². The van der Waals surface area contributed by atoms with Crippen LogP contribution in [0.3, 0.4) is 0 Å². The predicted molar refractivity (Wildman–Crippen MR) is 131 cm³/mol. The number of benzene rings is 3. The summed E-state index contributed by atoms with van der Waals surface area (Å²) in [5, 5.41) is 0. The van der Waals surface area contributed by atoms with Crippen molar-refractivity contribution in [1.29, 1.82) is 0 Å². The highest BCUT2D eigenvalue weighted by Crippen LogP contribution is 2.58. The molecule has 174 valence electrons. The van der Waals surface area contributed by atoms with Crippen molar-refractivity contribution in [3.63, 3.8) is 0 Å². The summed E-state index contributed by atoms with van der Waals surface area (Å²) in [5.41, 5.74) is 1.34. The average Bonchev–Trinajstić information content (AvgIpc) is 3.41. The molecule has 35 heavy (non-hydrogen) atoms. The summed E-state index contributed by atoms with van der Waals surface area (Å²) in [6.07, 6.45) is -0.953. The van der Waals surface area contributed by atoms with E-state index in [0.29, 0.717) is 15.7 Å². The Morgan fingerprint density at radius 3 is 2.06 bits per heavy atom. The first-order valence-electron chi connectivity index (χ1n) is 11.3. The van der Waals surface area contributed by atoms with Crippen LogP contribution in [0.5, 0.6) is 0 Å². The van der Waals surface area contributed by atoms with Crippen molar-refractivity contribution >= 4 is 45.0 Å². The summed E-state index contributed by atoms with van der Waals surface area (Å²) in [5.74, 6) is -4.48. The minimum atomic E-state index is -2.07. The highest BCUT2D eigenvalue weighted by molar-refractivity contribution is 9.10. The van der Waals surface area contributed by atoms with Gasteiger partial charge in [-0.25, -0.2) is 4.90 Å². The molecule has 2 amide bonds. The van der Waals surface area contributed by atoms with Gasteiger partial charge >= 0.3 is 0 Å². The Hall–Kier alpha value is -3.42. The zero-order valence-electron chi connectivity index (χ0n) is 18.9. The number of nitrogens with zero attached hydrogens (tertiary/aromatic N) is 1. The third-order valence-electron chi connectivity index (χ3n) is 7.48. The number of carbonyl (C=O) groups excluding carboxylic acids is 4. The average molecular weight is 530 g/mol. The normalized spacial score (nSPS) is 24.4. The number of Topliss-reactive ketones (excluding diaryl/α,β-unsaturated/α-hetero) is 2. The van der Waals surface area contributed by atoms with Gasteiger partial charge in [0.05, 0.1) is 23.6 Å². The van der Waals surface area contributed by atoms with E-state index in [4.69, 9.17) is 4.74 Å². The van der Waals surface area contributed by atoms with Crippen LogP contribution in [0, 0.1) is 25.7 Å². The van der Waals surface area contributed by atoms with E-state index in [1.807, 2.05) is 26.0 Å². The fourth-order valence-electron chi connectivity index (χ4n) is 5.62. The molecule has 3 aliphatic rings. The van der Waals surface area contributed by atoms with E-state index in [2.05, 4.69) is 15.9 Å². The van der Waals surface area contributed by atoms with Crippen molar-refractivity contribution in [2.45, 2.75) is 25.6 Å². The van der Waals surface area contributed by atoms with Crippen LogP contribution < -0.4 is 4.90 Å². The number of imide groups is 1. The maximum Gasteiger partial charge on any atom is 0.241 e. The Morgan fingerprint density at radius 2 is 1.43 bits per heavy atom. The van der Waals surface area contributed by atoms with E-state index in [0.717, 1.165) is 16.0 Å². The van der Waals surface area contributed by atoms with Crippen molar-refractivity contribution in [2.24, 2.45) is 11.8 Å². The van der Waals surface area contributed by atoms with E-state index in [1.165, 1.54) is 0 Å². The molecule has 3 aromatic rings. The van der Waals surface area contributed by atoms with Gasteiger partial charge in [0.2, 0.25) is 29.0 Å². The molecule has 2 aliphatic heterocycles. The standard InChI is InChI=1S/C28H20BrNO5/c1-14-11-12-16(13-15(14)2)30-26(33)21-22(27(30)34)28(35-23(21)19-9-5-6-10-20(19)29)24(31)17-7-3-4-8-18(17)25(28)32/h3-13,21-23H,1-2H3/t21-,22+,23+/m1/s1. The van der Waals surface area contributed by atoms with Gasteiger partial charge in [0.25, 0.3) is 0 Å². The molecule has 7 heteroatoms. The lowest BCUT2D eigenvalue weighted by Gasteiger charge is -2.27. The third-order valence-corrected chi connectivity index (χ3v) is 8.20. The molecule has 1 aliphatic carbocycles. The number of anilines is 1. The Labute approximate surface area is 210 Å². The lowest BCUT2D eigenvalue weighted by molar-refractivity contribution is -0.127. The van der Waals surface area contributed by atoms with Crippen LogP contribution in [0.25, 0.3) is 0 Å². The number of carbonyl (C=O) groups is 4. The number of fused-ring (bicyclic) bond motifs is 3. The van der Waals surface area contributed by atoms with Crippen LogP contribution in [0.15, 0.2) is 71.2 Å². The summed E-state index contributed by atoms with van der Waals surface area (Å²) in [6, 6.07) is 19.0. The highest BCUT2D eigenvalue weighted by atomic mass is 79.9. The zero-order chi connectivity index (χ0) is 24.6. The van der Waals surface area contributed by atoms with E-state index >= 15 is 0 Å². The summed E-state index contributed by atoms with van der Waals surface area (Å²) < 4.78 is 6.99. The third kappa shape index (κ3) is 2.79. The molecule has 0 aromatic heterocycles. The molecule has 2 fully saturated rings. The first-order valence-corrected chi connectivity index (χ1v) is 12.1. The van der Waals surface area contributed by atoms with Crippen molar-refractivity contribution in [3.8, 4) is 0 Å². The van der Waals surface area contributed by atoms with Crippen LogP contribution in [0.1, 0.15) is 43.5 Å². The number of hydrogen-bond donors (Lipinski definition) is 0. The zero-order valence-corrected chi connectivity index (χ0v) is 20.5. The maximum atomic E-state index is 14.0. The fourth-order valence-corrected chi connectivity index (χ4v) is 6.14. The van der Waals surface area contributed by atoms with Crippen molar-refractivity contribution < 1.29 is 23.9 Å². The Bertz CT molecular complexity index is 1440. The molecule has 6 nitrogen and oxygen atoms in total. The number of halogens is 1. The maximum absolute atomic E-state index is 14.0. The molecule has 0 unspecified atom stereocenters. The number of aryl methyl sites for hydroxylation is 2. The minimum absolute atomic E-state index is 0.217. The SMILES string of the molecule is Cc1ccc(N2C(=O)[C@@H]3[C@@H](C2=O)C2(O[C@H]3c3ccccc3Br)C(=O)c3ccccc3C2=O)cc1C.